The van der Waals surface area contributed by atoms with E-state index in [0.717, 1.165) is 5.56 Å². The summed E-state index contributed by atoms with van der Waals surface area (Å²) >= 11 is 0. The molecule has 2 rings (SSSR count). The molecule has 9 heteroatoms. The van der Waals surface area contributed by atoms with Crippen molar-refractivity contribution in [2.45, 2.75) is 46.0 Å². The number of hydrogen-bond donors (Lipinski definition) is 0. The molecule has 3 atom stereocenters. The van der Waals surface area contributed by atoms with Crippen molar-refractivity contribution in [2.24, 2.45) is 0 Å². The highest BCUT2D eigenvalue weighted by atomic mass is 16.6. The Bertz CT molecular complexity index is 984. The number of hydrogen-bond acceptors (Lipinski definition) is 9. The monoisotopic (exact) mass is 474 g/mol. The number of carbonyl (C=O) groups excluding carboxylic acids is 3. The zero-order valence-corrected chi connectivity index (χ0v) is 20.2. The Morgan fingerprint density at radius 3 is 1.88 bits per heavy atom. The minimum absolute atomic E-state index is 0.173. The molecule has 0 aliphatic rings. The van der Waals surface area contributed by atoms with Crippen LogP contribution in [-0.2, 0) is 28.6 Å². The number of benzene rings is 2. The molecular formula is C25H30O9. The van der Waals surface area contributed by atoms with E-state index in [4.69, 9.17) is 28.4 Å². The fourth-order valence-electron chi connectivity index (χ4n) is 3.26. The third-order valence-electron chi connectivity index (χ3n) is 4.80. The molecule has 0 aliphatic carbocycles. The molecule has 0 N–H and O–H groups in total. The first-order chi connectivity index (χ1) is 16.1. The third kappa shape index (κ3) is 7.68. The summed E-state index contributed by atoms with van der Waals surface area (Å²) in [5.41, 5.74) is 1.33. The minimum atomic E-state index is -0.920. The third-order valence-corrected chi connectivity index (χ3v) is 4.80. The molecule has 2 aromatic carbocycles. The summed E-state index contributed by atoms with van der Waals surface area (Å²) in [6.45, 7) is 5.49. The van der Waals surface area contributed by atoms with Crippen LogP contribution in [0, 0.1) is 0 Å². The Morgan fingerprint density at radius 2 is 1.35 bits per heavy atom. The lowest BCUT2D eigenvalue weighted by Gasteiger charge is -2.28. The van der Waals surface area contributed by atoms with E-state index in [0.29, 0.717) is 22.8 Å². The summed E-state index contributed by atoms with van der Waals surface area (Å²) in [5, 5.41) is 0. The summed E-state index contributed by atoms with van der Waals surface area (Å²) in [5.74, 6) is -0.0493. The van der Waals surface area contributed by atoms with Crippen LogP contribution in [-0.4, -0.2) is 44.8 Å². The topological polar surface area (TPSA) is 107 Å². The van der Waals surface area contributed by atoms with E-state index in [-0.39, 0.29) is 12.6 Å². The maximum absolute atomic E-state index is 11.9. The lowest BCUT2D eigenvalue weighted by atomic mass is 10.0. The zero-order valence-electron chi connectivity index (χ0n) is 20.2. The number of rotatable bonds is 11. The van der Waals surface area contributed by atoms with Crippen LogP contribution in [0.1, 0.15) is 51.0 Å². The van der Waals surface area contributed by atoms with Crippen molar-refractivity contribution in [3.05, 3.63) is 53.6 Å². The van der Waals surface area contributed by atoms with Crippen LogP contribution in [0.2, 0.25) is 0 Å². The summed E-state index contributed by atoms with van der Waals surface area (Å²) < 4.78 is 32.7. The van der Waals surface area contributed by atoms with Gasteiger partial charge in [-0.2, -0.15) is 0 Å². The van der Waals surface area contributed by atoms with Crippen LogP contribution in [0.25, 0.3) is 0 Å². The van der Waals surface area contributed by atoms with Crippen LogP contribution in [0.4, 0.5) is 0 Å². The predicted octanol–water partition coefficient (Wildman–Crippen LogP) is 3.94. The molecule has 184 valence electrons. The second-order valence-electron chi connectivity index (χ2n) is 7.42. The highest BCUT2D eigenvalue weighted by Crippen LogP contribution is 2.34. The molecule has 0 spiro atoms. The van der Waals surface area contributed by atoms with Crippen molar-refractivity contribution in [3.8, 4) is 17.2 Å². The van der Waals surface area contributed by atoms with Gasteiger partial charge >= 0.3 is 17.9 Å². The van der Waals surface area contributed by atoms with Gasteiger partial charge in [0.05, 0.1) is 14.2 Å². The lowest BCUT2D eigenvalue weighted by molar-refractivity contribution is -0.157. The second-order valence-corrected chi connectivity index (χ2v) is 7.42. The van der Waals surface area contributed by atoms with Gasteiger partial charge in [-0.15, -0.1) is 0 Å². The SMILES string of the molecule is COc1ccc([C@@H](OC(C)=O)[C@@H](COC(C)=O)Oc2ccc(C(C)OC(C)=O)cc2)cc1OC. The van der Waals surface area contributed by atoms with E-state index >= 15 is 0 Å². The smallest absolute Gasteiger partial charge is 0.303 e. The molecule has 0 saturated carbocycles. The first-order valence-corrected chi connectivity index (χ1v) is 10.6. The standard InChI is InChI=1S/C25H30O9/c1-15(32-17(3)27)19-7-10-21(11-8-19)34-24(14-31-16(2)26)25(33-18(4)28)20-9-12-22(29-5)23(13-20)30-6/h7-13,15,24-25H,14H2,1-6H3/t15?,24-,25-/m1/s1. The van der Waals surface area contributed by atoms with E-state index in [1.54, 1.807) is 49.4 Å². The Hall–Kier alpha value is -3.75. The van der Waals surface area contributed by atoms with Crippen LogP contribution in [0.5, 0.6) is 17.2 Å². The molecule has 0 fully saturated rings. The van der Waals surface area contributed by atoms with Crippen LogP contribution < -0.4 is 14.2 Å². The second kappa shape index (κ2) is 12.5. The molecule has 0 saturated heterocycles. The van der Waals surface area contributed by atoms with Crippen molar-refractivity contribution in [2.75, 3.05) is 20.8 Å². The van der Waals surface area contributed by atoms with Gasteiger partial charge < -0.3 is 28.4 Å². The Kier molecular flexibility index (Phi) is 9.73. The predicted molar refractivity (Wildman–Crippen MR) is 122 cm³/mol. The number of carbonyl (C=O) groups is 3. The lowest BCUT2D eigenvalue weighted by Crippen LogP contribution is -2.34. The molecule has 0 aromatic heterocycles. The summed E-state index contributed by atoms with van der Waals surface area (Å²) in [6.07, 6.45) is -2.22. The van der Waals surface area contributed by atoms with Gasteiger partial charge in [0.1, 0.15) is 18.5 Å². The average molecular weight is 475 g/mol. The molecule has 0 bridgehead atoms. The Morgan fingerprint density at radius 1 is 0.765 bits per heavy atom. The quantitative estimate of drug-likeness (QED) is 0.353. The number of ether oxygens (including phenoxy) is 6. The van der Waals surface area contributed by atoms with Gasteiger partial charge in [-0.25, -0.2) is 0 Å². The minimum Gasteiger partial charge on any atom is -0.493 e. The van der Waals surface area contributed by atoms with Crippen LogP contribution >= 0.6 is 0 Å². The number of methoxy groups -OCH3 is 2. The van der Waals surface area contributed by atoms with Crippen molar-refractivity contribution < 1.29 is 42.8 Å². The summed E-state index contributed by atoms with van der Waals surface area (Å²) in [7, 11) is 3.01. The number of esters is 3. The van der Waals surface area contributed by atoms with Gasteiger partial charge in [-0.05, 0) is 36.8 Å². The van der Waals surface area contributed by atoms with Gasteiger partial charge in [0.25, 0.3) is 0 Å². The Balaban J connectivity index is 2.37. The molecule has 0 amide bonds. The maximum atomic E-state index is 11.9. The molecule has 1 unspecified atom stereocenters. The molecule has 0 heterocycles. The fourth-order valence-corrected chi connectivity index (χ4v) is 3.26. The Labute approximate surface area is 198 Å². The first kappa shape index (κ1) is 26.5. The maximum Gasteiger partial charge on any atom is 0.303 e. The van der Waals surface area contributed by atoms with Crippen molar-refractivity contribution in [1.29, 1.82) is 0 Å². The normalized spacial score (nSPS) is 13.1. The van der Waals surface area contributed by atoms with Gasteiger partial charge in [0, 0.05) is 26.3 Å². The van der Waals surface area contributed by atoms with Crippen molar-refractivity contribution in [1.82, 2.24) is 0 Å². The zero-order chi connectivity index (χ0) is 25.3. The van der Waals surface area contributed by atoms with Crippen molar-refractivity contribution >= 4 is 17.9 Å². The van der Waals surface area contributed by atoms with Gasteiger partial charge in [0.15, 0.2) is 23.7 Å². The van der Waals surface area contributed by atoms with Gasteiger partial charge in [-0.3, -0.25) is 14.4 Å². The van der Waals surface area contributed by atoms with E-state index < -0.39 is 30.3 Å². The largest absolute Gasteiger partial charge is 0.493 e. The van der Waals surface area contributed by atoms with Gasteiger partial charge in [-0.1, -0.05) is 18.2 Å². The first-order valence-electron chi connectivity index (χ1n) is 10.6. The summed E-state index contributed by atoms with van der Waals surface area (Å²) in [4.78, 5) is 34.6. The molecule has 0 radical (unpaired) electrons. The fraction of sp³-hybridized carbons (Fsp3) is 0.400. The van der Waals surface area contributed by atoms with Crippen LogP contribution in [0.15, 0.2) is 42.5 Å². The van der Waals surface area contributed by atoms with Crippen molar-refractivity contribution in [3.63, 3.8) is 0 Å². The van der Waals surface area contributed by atoms with E-state index in [1.165, 1.54) is 35.0 Å². The molecule has 2 aromatic rings. The van der Waals surface area contributed by atoms with E-state index in [1.807, 2.05) is 0 Å². The highest BCUT2D eigenvalue weighted by Gasteiger charge is 2.30. The van der Waals surface area contributed by atoms with Gasteiger partial charge in [0.2, 0.25) is 0 Å². The molecular weight excluding hydrogens is 444 g/mol. The van der Waals surface area contributed by atoms with E-state index in [2.05, 4.69) is 0 Å². The van der Waals surface area contributed by atoms with E-state index in [9.17, 15) is 14.4 Å². The highest BCUT2D eigenvalue weighted by molar-refractivity contribution is 5.67. The molecule has 0 aliphatic heterocycles. The summed E-state index contributed by atoms with van der Waals surface area (Å²) in [6, 6.07) is 11.9. The molecule has 9 nitrogen and oxygen atoms in total. The van der Waals surface area contributed by atoms with Crippen LogP contribution in [0.3, 0.4) is 0 Å². The average Bonchev–Trinajstić information content (AvgIpc) is 2.79. The molecule has 34 heavy (non-hydrogen) atoms.